The molecule has 3 aromatic carbocycles. The Bertz CT molecular complexity index is 991. The maximum atomic E-state index is 10.6. The topological polar surface area (TPSA) is 40.5 Å². The second kappa shape index (κ2) is 6.60. The summed E-state index contributed by atoms with van der Waals surface area (Å²) in [5.41, 5.74) is 4.17. The average molecular weight is 363 g/mol. The van der Waals surface area contributed by atoms with E-state index < -0.39 is 0 Å². The average Bonchev–Trinajstić information content (AvgIpc) is 2.54. The van der Waals surface area contributed by atoms with Crippen molar-refractivity contribution >= 4 is 10.8 Å². The van der Waals surface area contributed by atoms with Crippen molar-refractivity contribution < 1.29 is 10.2 Å². The van der Waals surface area contributed by atoms with Crippen LogP contribution < -0.4 is 0 Å². The molecule has 0 aliphatic heterocycles. The van der Waals surface area contributed by atoms with Gasteiger partial charge in [-0.05, 0) is 69.8 Å². The first kappa shape index (κ1) is 19.3. The van der Waals surface area contributed by atoms with Gasteiger partial charge in [0.15, 0.2) is 0 Å². The molecule has 2 N–H and O–H groups in total. The molecule has 2 nitrogen and oxygen atoms in total. The Hall–Kier alpha value is -2.48. The molecule has 142 valence electrons. The molecule has 0 fully saturated rings. The summed E-state index contributed by atoms with van der Waals surface area (Å²) < 4.78 is 0. The third-order valence-electron chi connectivity index (χ3n) is 5.23. The molecule has 27 heavy (non-hydrogen) atoms. The van der Waals surface area contributed by atoms with Crippen LogP contribution in [0.25, 0.3) is 21.9 Å². The van der Waals surface area contributed by atoms with Crippen LogP contribution in [0.15, 0.2) is 48.5 Å². The Kier molecular flexibility index (Phi) is 4.71. The second-order valence-corrected chi connectivity index (χ2v) is 9.48. The summed E-state index contributed by atoms with van der Waals surface area (Å²) in [5, 5.41) is 23.0. The first-order chi connectivity index (χ1) is 12.5. The van der Waals surface area contributed by atoms with Gasteiger partial charge in [0.1, 0.15) is 11.5 Å². The fourth-order valence-electron chi connectivity index (χ4n) is 4.51. The minimum atomic E-state index is -0.0938. The molecule has 2 heteroatoms. The van der Waals surface area contributed by atoms with E-state index in [2.05, 4.69) is 71.9 Å². The first-order valence-electron chi connectivity index (χ1n) is 9.55. The van der Waals surface area contributed by atoms with Gasteiger partial charge in [-0.2, -0.15) is 0 Å². The largest absolute Gasteiger partial charge is 0.508 e. The lowest BCUT2D eigenvalue weighted by molar-refractivity contribution is 0.284. The molecular formula is C25H30O2. The van der Waals surface area contributed by atoms with E-state index in [9.17, 15) is 10.2 Å². The summed E-state index contributed by atoms with van der Waals surface area (Å²) in [5.74, 6) is 0.349. The number of phenolic OH excluding ortho intramolecular Hbond substituents is 2. The van der Waals surface area contributed by atoms with E-state index in [4.69, 9.17) is 0 Å². The highest BCUT2D eigenvalue weighted by Crippen LogP contribution is 2.46. The predicted octanol–water partition coefficient (Wildman–Crippen LogP) is 6.94. The fraction of sp³-hybridized carbons (Fsp3) is 0.360. The van der Waals surface area contributed by atoms with Crippen molar-refractivity contribution in [2.45, 2.75) is 53.4 Å². The quantitative estimate of drug-likeness (QED) is 0.495. The van der Waals surface area contributed by atoms with Crippen LogP contribution in [0.5, 0.6) is 11.5 Å². The highest BCUT2D eigenvalue weighted by atomic mass is 16.3. The summed E-state index contributed by atoms with van der Waals surface area (Å²) in [6.45, 7) is 13.4. The van der Waals surface area contributed by atoms with Crippen LogP contribution in [-0.2, 0) is 5.41 Å². The molecule has 0 unspecified atom stereocenters. The van der Waals surface area contributed by atoms with Crippen LogP contribution in [-0.4, -0.2) is 10.2 Å². The zero-order valence-electron chi connectivity index (χ0n) is 17.2. The third kappa shape index (κ3) is 3.80. The Labute approximate surface area is 162 Å². The van der Waals surface area contributed by atoms with E-state index in [-0.39, 0.29) is 22.3 Å². The third-order valence-corrected chi connectivity index (χ3v) is 5.23. The highest BCUT2D eigenvalue weighted by molar-refractivity contribution is 6.01. The minimum absolute atomic E-state index is 0.0938. The van der Waals surface area contributed by atoms with Crippen LogP contribution in [0.1, 0.15) is 52.2 Å². The molecule has 3 rings (SSSR count). The molecule has 0 aliphatic carbocycles. The van der Waals surface area contributed by atoms with Gasteiger partial charge in [0.25, 0.3) is 0 Å². The Morgan fingerprint density at radius 3 is 2.19 bits per heavy atom. The number of aryl methyl sites for hydroxylation is 1. The van der Waals surface area contributed by atoms with Crippen LogP contribution in [0.2, 0.25) is 0 Å². The van der Waals surface area contributed by atoms with Gasteiger partial charge in [0.2, 0.25) is 0 Å². The van der Waals surface area contributed by atoms with E-state index in [1.54, 1.807) is 12.1 Å². The van der Waals surface area contributed by atoms with Gasteiger partial charge in [0.05, 0.1) is 0 Å². The zero-order valence-corrected chi connectivity index (χ0v) is 17.2. The van der Waals surface area contributed by atoms with Gasteiger partial charge in [-0.25, -0.2) is 0 Å². The Morgan fingerprint density at radius 1 is 0.815 bits per heavy atom. The van der Waals surface area contributed by atoms with E-state index in [0.717, 1.165) is 17.4 Å². The number of rotatable bonds is 3. The lowest BCUT2D eigenvalue weighted by Gasteiger charge is -2.35. The summed E-state index contributed by atoms with van der Waals surface area (Å²) in [4.78, 5) is 0. The van der Waals surface area contributed by atoms with E-state index in [1.807, 2.05) is 0 Å². The van der Waals surface area contributed by atoms with Crippen molar-refractivity contribution in [3.63, 3.8) is 0 Å². The Balaban J connectivity index is 2.40. The smallest absolute Gasteiger partial charge is 0.123 e. The summed E-state index contributed by atoms with van der Waals surface area (Å²) in [6, 6.07) is 15.4. The number of phenols is 2. The molecule has 0 spiro atoms. The molecule has 0 amide bonds. The van der Waals surface area contributed by atoms with Crippen molar-refractivity contribution in [3.05, 3.63) is 59.7 Å². The van der Waals surface area contributed by atoms with Gasteiger partial charge in [-0.15, -0.1) is 0 Å². The van der Waals surface area contributed by atoms with Gasteiger partial charge in [-0.3, -0.25) is 0 Å². The monoisotopic (exact) mass is 362 g/mol. The molecular weight excluding hydrogens is 332 g/mol. The van der Waals surface area contributed by atoms with Crippen molar-refractivity contribution in [2.24, 2.45) is 5.41 Å². The number of aromatic hydroxyl groups is 2. The maximum absolute atomic E-state index is 10.6. The van der Waals surface area contributed by atoms with Crippen LogP contribution >= 0.6 is 0 Å². The van der Waals surface area contributed by atoms with E-state index in [0.29, 0.717) is 5.56 Å². The molecule has 0 bridgehead atoms. The van der Waals surface area contributed by atoms with Crippen molar-refractivity contribution in [1.29, 1.82) is 0 Å². The molecule has 0 saturated heterocycles. The van der Waals surface area contributed by atoms with Crippen molar-refractivity contribution in [1.82, 2.24) is 0 Å². The Morgan fingerprint density at radius 2 is 1.52 bits per heavy atom. The number of fused-ring (bicyclic) bond motifs is 1. The van der Waals surface area contributed by atoms with Crippen LogP contribution in [0, 0.1) is 12.3 Å². The van der Waals surface area contributed by atoms with Gasteiger partial charge in [0, 0.05) is 5.56 Å². The molecule has 0 saturated carbocycles. The number of benzene rings is 3. The van der Waals surface area contributed by atoms with Crippen LogP contribution in [0.3, 0.4) is 0 Å². The molecule has 0 atom stereocenters. The lowest BCUT2D eigenvalue weighted by atomic mass is 9.69. The molecule has 0 radical (unpaired) electrons. The second-order valence-electron chi connectivity index (χ2n) is 9.48. The maximum Gasteiger partial charge on any atom is 0.123 e. The van der Waals surface area contributed by atoms with Gasteiger partial charge < -0.3 is 10.2 Å². The molecule has 3 aromatic rings. The van der Waals surface area contributed by atoms with Crippen molar-refractivity contribution in [3.8, 4) is 22.6 Å². The van der Waals surface area contributed by atoms with Gasteiger partial charge in [-0.1, -0.05) is 65.0 Å². The number of hydrogen-bond acceptors (Lipinski definition) is 2. The SMILES string of the molecule is Cc1cccc2c(-c3cc(O)ccc3O)c(C(C)(C)CC(C)(C)C)ccc12. The fourth-order valence-corrected chi connectivity index (χ4v) is 4.51. The number of hydrogen-bond donors (Lipinski definition) is 2. The van der Waals surface area contributed by atoms with Crippen molar-refractivity contribution in [2.75, 3.05) is 0 Å². The predicted molar refractivity (Wildman–Crippen MR) is 115 cm³/mol. The first-order valence-corrected chi connectivity index (χ1v) is 9.55. The normalized spacial score (nSPS) is 12.5. The van der Waals surface area contributed by atoms with E-state index in [1.165, 1.54) is 22.6 Å². The molecule has 0 aliphatic rings. The minimum Gasteiger partial charge on any atom is -0.508 e. The summed E-state index contributed by atoms with van der Waals surface area (Å²) >= 11 is 0. The molecule has 0 heterocycles. The zero-order chi connectivity index (χ0) is 20.0. The summed E-state index contributed by atoms with van der Waals surface area (Å²) in [6.07, 6.45) is 1.00. The standard InChI is InChI=1S/C25H30O2/c1-16-8-7-9-19-18(16)11-12-21(25(5,6)15-24(2,3)4)23(19)20-14-17(26)10-13-22(20)27/h7-14,26-27H,15H2,1-6H3. The van der Waals surface area contributed by atoms with Gasteiger partial charge >= 0.3 is 0 Å². The van der Waals surface area contributed by atoms with Crippen LogP contribution in [0.4, 0.5) is 0 Å². The van der Waals surface area contributed by atoms with E-state index >= 15 is 0 Å². The lowest BCUT2D eigenvalue weighted by Crippen LogP contribution is -2.25. The summed E-state index contributed by atoms with van der Waals surface area (Å²) in [7, 11) is 0. The highest BCUT2D eigenvalue weighted by Gasteiger charge is 2.31. The molecule has 0 aromatic heterocycles.